The Morgan fingerprint density at radius 1 is 0.778 bits per heavy atom. The van der Waals surface area contributed by atoms with Crippen molar-refractivity contribution >= 4 is 12.2 Å². The summed E-state index contributed by atoms with van der Waals surface area (Å²) in [5.74, 6) is 2.83. The number of ether oxygens (including phenoxy) is 5. The van der Waals surface area contributed by atoms with E-state index < -0.39 is 0 Å². The highest BCUT2D eigenvalue weighted by atomic mass is 16.5. The molecule has 0 aliphatic carbocycles. The molecule has 0 heterocycles. The van der Waals surface area contributed by atoms with E-state index in [1.165, 1.54) is 0 Å². The zero-order valence-corrected chi connectivity index (χ0v) is 16.2. The van der Waals surface area contributed by atoms with Crippen LogP contribution in [0.4, 0.5) is 0 Å². The van der Waals surface area contributed by atoms with E-state index in [9.17, 15) is 0 Å². The third kappa shape index (κ3) is 4.26. The number of hydrogen-bond acceptors (Lipinski definition) is 6. The first-order chi connectivity index (χ1) is 13.1. The molecule has 142 valence electrons. The fourth-order valence-electron chi connectivity index (χ4n) is 2.79. The molecular formula is C21H23NO5. The molecule has 0 N–H and O–H groups in total. The van der Waals surface area contributed by atoms with Gasteiger partial charge in [-0.2, -0.15) is 5.26 Å². The Morgan fingerprint density at radius 2 is 1.37 bits per heavy atom. The summed E-state index contributed by atoms with van der Waals surface area (Å²) < 4.78 is 27.0. The lowest BCUT2D eigenvalue weighted by molar-refractivity contribution is 0.324. The van der Waals surface area contributed by atoms with E-state index in [4.69, 9.17) is 28.9 Å². The second kappa shape index (κ2) is 9.39. The van der Waals surface area contributed by atoms with E-state index >= 15 is 0 Å². The van der Waals surface area contributed by atoms with Gasteiger partial charge in [0.15, 0.2) is 23.0 Å². The Balaban J connectivity index is 2.56. The van der Waals surface area contributed by atoms with Crippen LogP contribution < -0.4 is 23.7 Å². The lowest BCUT2D eigenvalue weighted by Crippen LogP contribution is -1.97. The number of nitriles is 1. The molecule has 6 nitrogen and oxygen atoms in total. The summed E-state index contributed by atoms with van der Waals surface area (Å²) in [6, 6.07) is 9.51. The van der Waals surface area contributed by atoms with E-state index in [1.54, 1.807) is 41.6 Å². The Bertz CT molecular complexity index is 843. The molecule has 0 atom stereocenters. The molecule has 0 saturated carbocycles. The summed E-state index contributed by atoms with van der Waals surface area (Å²) in [6.45, 7) is 0. The summed E-state index contributed by atoms with van der Waals surface area (Å²) in [5, 5.41) is 9.12. The number of methoxy groups -OCH3 is 5. The number of rotatable bonds is 8. The highest BCUT2D eigenvalue weighted by Gasteiger charge is 2.14. The molecule has 0 spiro atoms. The standard InChI is InChI=1S/C21H23NO5/c1-23-17-9-7-15(10-11-22)16(20(17)26-4)8-6-14-12-18(24-2)21(27-5)19(13-14)25-3/h6-9,12-13H,10H2,1-5H3. The number of nitrogens with zero attached hydrogens (tertiary/aromatic N) is 1. The summed E-state index contributed by atoms with van der Waals surface area (Å²) in [5.41, 5.74) is 2.48. The summed E-state index contributed by atoms with van der Waals surface area (Å²) in [7, 11) is 7.85. The van der Waals surface area contributed by atoms with Crippen LogP contribution in [0.1, 0.15) is 16.7 Å². The predicted octanol–water partition coefficient (Wildman–Crippen LogP) is 3.97. The maximum absolute atomic E-state index is 9.12. The Hall–Kier alpha value is -3.33. The lowest BCUT2D eigenvalue weighted by Gasteiger charge is -2.14. The smallest absolute Gasteiger partial charge is 0.203 e. The van der Waals surface area contributed by atoms with Crippen molar-refractivity contribution in [3.05, 3.63) is 41.0 Å². The highest BCUT2D eigenvalue weighted by Crippen LogP contribution is 2.39. The van der Waals surface area contributed by atoms with Crippen molar-refractivity contribution in [2.24, 2.45) is 0 Å². The fourth-order valence-corrected chi connectivity index (χ4v) is 2.79. The lowest BCUT2D eigenvalue weighted by atomic mass is 10.0. The van der Waals surface area contributed by atoms with Crippen LogP contribution in [-0.2, 0) is 6.42 Å². The molecular weight excluding hydrogens is 346 g/mol. The molecule has 2 aromatic carbocycles. The van der Waals surface area contributed by atoms with E-state index in [1.807, 2.05) is 30.4 Å². The average Bonchev–Trinajstić information content (AvgIpc) is 2.71. The van der Waals surface area contributed by atoms with Gasteiger partial charge in [0.05, 0.1) is 48.0 Å². The van der Waals surface area contributed by atoms with E-state index in [2.05, 4.69) is 6.07 Å². The second-order valence-electron chi connectivity index (χ2n) is 5.50. The van der Waals surface area contributed by atoms with Crippen LogP contribution >= 0.6 is 0 Å². The molecule has 2 aromatic rings. The number of hydrogen-bond donors (Lipinski definition) is 0. The first-order valence-corrected chi connectivity index (χ1v) is 8.22. The van der Waals surface area contributed by atoms with Crippen molar-refractivity contribution in [3.8, 4) is 34.8 Å². The average molecular weight is 369 g/mol. The molecule has 6 heteroatoms. The second-order valence-corrected chi connectivity index (χ2v) is 5.50. The zero-order valence-electron chi connectivity index (χ0n) is 16.2. The third-order valence-electron chi connectivity index (χ3n) is 4.07. The summed E-state index contributed by atoms with van der Waals surface area (Å²) in [6.07, 6.45) is 4.03. The molecule has 0 fully saturated rings. The molecule has 0 bridgehead atoms. The van der Waals surface area contributed by atoms with Crippen LogP contribution in [0.15, 0.2) is 24.3 Å². The largest absolute Gasteiger partial charge is 0.493 e. The van der Waals surface area contributed by atoms with Gasteiger partial charge in [-0.25, -0.2) is 0 Å². The predicted molar refractivity (Wildman–Crippen MR) is 104 cm³/mol. The Kier molecular flexibility index (Phi) is 6.95. The third-order valence-corrected chi connectivity index (χ3v) is 4.07. The van der Waals surface area contributed by atoms with Crippen molar-refractivity contribution in [1.82, 2.24) is 0 Å². The van der Waals surface area contributed by atoms with Crippen molar-refractivity contribution in [3.63, 3.8) is 0 Å². The Morgan fingerprint density at radius 3 is 1.85 bits per heavy atom. The Labute approximate surface area is 159 Å². The monoisotopic (exact) mass is 369 g/mol. The van der Waals surface area contributed by atoms with Gasteiger partial charge in [0.25, 0.3) is 0 Å². The van der Waals surface area contributed by atoms with Gasteiger partial charge in [-0.05, 0) is 29.3 Å². The SMILES string of the molecule is COc1cc(C=Cc2c(CC#N)ccc(OC)c2OC)cc(OC)c1OC. The molecule has 0 saturated heterocycles. The number of benzene rings is 2. The van der Waals surface area contributed by atoms with Crippen LogP contribution in [0.3, 0.4) is 0 Å². The molecule has 0 radical (unpaired) electrons. The minimum Gasteiger partial charge on any atom is -0.493 e. The minimum atomic E-state index is 0.259. The van der Waals surface area contributed by atoms with Crippen LogP contribution in [-0.4, -0.2) is 35.5 Å². The quantitative estimate of drug-likeness (QED) is 0.656. The van der Waals surface area contributed by atoms with Crippen LogP contribution in [0, 0.1) is 11.3 Å². The van der Waals surface area contributed by atoms with Crippen molar-refractivity contribution in [1.29, 1.82) is 5.26 Å². The maximum atomic E-state index is 9.12. The maximum Gasteiger partial charge on any atom is 0.203 e. The first-order valence-electron chi connectivity index (χ1n) is 8.22. The van der Waals surface area contributed by atoms with Gasteiger partial charge >= 0.3 is 0 Å². The molecule has 2 rings (SSSR count). The van der Waals surface area contributed by atoms with E-state index in [0.717, 1.165) is 16.7 Å². The summed E-state index contributed by atoms with van der Waals surface area (Å²) >= 11 is 0. The molecule has 0 unspecified atom stereocenters. The van der Waals surface area contributed by atoms with Gasteiger partial charge < -0.3 is 23.7 Å². The molecule has 0 aromatic heterocycles. The van der Waals surface area contributed by atoms with Gasteiger partial charge in [0.1, 0.15) is 0 Å². The normalized spacial score (nSPS) is 10.4. The van der Waals surface area contributed by atoms with Gasteiger partial charge in [-0.15, -0.1) is 0 Å². The minimum absolute atomic E-state index is 0.259. The van der Waals surface area contributed by atoms with Crippen molar-refractivity contribution in [2.45, 2.75) is 6.42 Å². The molecule has 0 aliphatic heterocycles. The van der Waals surface area contributed by atoms with E-state index in [-0.39, 0.29) is 6.42 Å². The van der Waals surface area contributed by atoms with Gasteiger partial charge in [0.2, 0.25) is 5.75 Å². The van der Waals surface area contributed by atoms with Crippen LogP contribution in [0.2, 0.25) is 0 Å². The van der Waals surface area contributed by atoms with Crippen molar-refractivity contribution < 1.29 is 23.7 Å². The zero-order chi connectivity index (χ0) is 19.8. The topological polar surface area (TPSA) is 69.9 Å². The summed E-state index contributed by atoms with van der Waals surface area (Å²) in [4.78, 5) is 0. The van der Waals surface area contributed by atoms with Gasteiger partial charge in [-0.1, -0.05) is 18.2 Å². The molecule has 0 amide bonds. The van der Waals surface area contributed by atoms with Crippen LogP contribution in [0.25, 0.3) is 12.2 Å². The van der Waals surface area contributed by atoms with Crippen LogP contribution in [0.5, 0.6) is 28.7 Å². The first kappa shape index (κ1) is 20.0. The van der Waals surface area contributed by atoms with E-state index in [0.29, 0.717) is 28.7 Å². The van der Waals surface area contributed by atoms with Crippen molar-refractivity contribution in [2.75, 3.05) is 35.5 Å². The fraction of sp³-hybridized carbons (Fsp3) is 0.286. The van der Waals surface area contributed by atoms with Gasteiger partial charge in [0, 0.05) is 5.56 Å². The van der Waals surface area contributed by atoms with Gasteiger partial charge in [-0.3, -0.25) is 0 Å². The molecule has 27 heavy (non-hydrogen) atoms. The molecule has 0 aliphatic rings. The highest BCUT2D eigenvalue weighted by molar-refractivity contribution is 5.78.